The van der Waals surface area contributed by atoms with Crippen LogP contribution in [0.1, 0.15) is 17.8 Å². The van der Waals surface area contributed by atoms with Gasteiger partial charge in [0.25, 0.3) is 0 Å². The summed E-state index contributed by atoms with van der Waals surface area (Å²) in [5, 5.41) is 8.68. The van der Waals surface area contributed by atoms with Crippen molar-refractivity contribution in [3.63, 3.8) is 0 Å². The molecule has 0 bridgehead atoms. The molecule has 1 fully saturated rings. The Morgan fingerprint density at radius 2 is 2.62 bits per heavy atom. The van der Waals surface area contributed by atoms with Crippen LogP contribution in [0.2, 0.25) is 0 Å². The molecule has 2 heterocycles. The summed E-state index contributed by atoms with van der Waals surface area (Å²) in [6.45, 7) is 3.59. The van der Waals surface area contributed by atoms with Crippen LogP contribution < -0.4 is 0 Å². The van der Waals surface area contributed by atoms with Crippen LogP contribution in [0, 0.1) is 18.3 Å². The maximum atomic E-state index is 8.68. The van der Waals surface area contributed by atoms with E-state index in [2.05, 4.69) is 11.1 Å². The van der Waals surface area contributed by atoms with Crippen LogP contribution in [0.5, 0.6) is 0 Å². The molecule has 0 aliphatic carbocycles. The lowest BCUT2D eigenvalue weighted by Gasteiger charge is -2.26. The van der Waals surface area contributed by atoms with Gasteiger partial charge in [-0.2, -0.15) is 5.26 Å². The van der Waals surface area contributed by atoms with E-state index in [4.69, 9.17) is 10.00 Å². The standard InChI is InChI=1S/C9H11N3O/c1-7-9(4-10)11-6-12(7)5-8-2-3-13-8/h6,8H,2-3,5H2,1H3. The Balaban J connectivity index is 2.11. The molecule has 1 aromatic rings. The minimum absolute atomic E-state index is 0.319. The van der Waals surface area contributed by atoms with Gasteiger partial charge < -0.3 is 9.30 Å². The summed E-state index contributed by atoms with van der Waals surface area (Å²) in [6.07, 6.45) is 3.13. The zero-order valence-electron chi connectivity index (χ0n) is 7.53. The second kappa shape index (κ2) is 3.19. The Bertz CT molecular complexity index is 346. The number of hydrogen-bond donors (Lipinski definition) is 0. The van der Waals surface area contributed by atoms with E-state index in [1.807, 2.05) is 11.5 Å². The van der Waals surface area contributed by atoms with Gasteiger partial charge in [-0.3, -0.25) is 0 Å². The summed E-state index contributed by atoms with van der Waals surface area (Å²) in [5.74, 6) is 0. The summed E-state index contributed by atoms with van der Waals surface area (Å²) in [5.41, 5.74) is 1.44. The number of hydrogen-bond acceptors (Lipinski definition) is 3. The normalized spacial score (nSPS) is 20.8. The van der Waals surface area contributed by atoms with Gasteiger partial charge in [0.1, 0.15) is 6.07 Å². The first-order valence-corrected chi connectivity index (χ1v) is 4.34. The van der Waals surface area contributed by atoms with Crippen molar-refractivity contribution in [2.75, 3.05) is 6.61 Å². The minimum Gasteiger partial charge on any atom is -0.376 e. The van der Waals surface area contributed by atoms with Gasteiger partial charge in [0.15, 0.2) is 5.69 Å². The van der Waals surface area contributed by atoms with E-state index in [-0.39, 0.29) is 0 Å². The highest BCUT2D eigenvalue weighted by molar-refractivity contribution is 5.25. The van der Waals surface area contributed by atoms with Gasteiger partial charge in [-0.25, -0.2) is 4.98 Å². The van der Waals surface area contributed by atoms with Crippen LogP contribution in [-0.4, -0.2) is 22.3 Å². The predicted octanol–water partition coefficient (Wildman–Crippen LogP) is 0.852. The van der Waals surface area contributed by atoms with E-state index in [1.165, 1.54) is 0 Å². The smallest absolute Gasteiger partial charge is 0.161 e. The van der Waals surface area contributed by atoms with Crippen LogP contribution in [0.3, 0.4) is 0 Å². The third-order valence-electron chi connectivity index (χ3n) is 2.40. The molecular formula is C9H11N3O. The average Bonchev–Trinajstić information content (AvgIpc) is 2.40. The number of ether oxygens (including phenoxy) is 1. The Morgan fingerprint density at radius 3 is 3.08 bits per heavy atom. The SMILES string of the molecule is Cc1c(C#N)ncn1CC1CCO1. The first-order valence-electron chi connectivity index (χ1n) is 4.34. The predicted molar refractivity (Wildman–Crippen MR) is 46.0 cm³/mol. The van der Waals surface area contributed by atoms with Crippen LogP contribution in [0.4, 0.5) is 0 Å². The number of rotatable bonds is 2. The molecule has 1 aliphatic rings. The first kappa shape index (κ1) is 8.27. The number of imidazole rings is 1. The van der Waals surface area contributed by atoms with Gasteiger partial charge >= 0.3 is 0 Å². The Kier molecular flexibility index (Phi) is 2.03. The molecule has 0 saturated carbocycles. The van der Waals surface area contributed by atoms with E-state index in [9.17, 15) is 0 Å². The van der Waals surface area contributed by atoms with Crippen LogP contribution >= 0.6 is 0 Å². The van der Waals surface area contributed by atoms with Crippen molar-refractivity contribution in [3.05, 3.63) is 17.7 Å². The van der Waals surface area contributed by atoms with Crippen molar-refractivity contribution in [2.45, 2.75) is 26.0 Å². The molecule has 1 aromatic heterocycles. The molecule has 2 rings (SSSR count). The molecule has 1 atom stereocenters. The summed E-state index contributed by atoms with van der Waals surface area (Å²) < 4.78 is 7.28. The molecule has 0 amide bonds. The number of nitriles is 1. The van der Waals surface area contributed by atoms with E-state index >= 15 is 0 Å². The fraction of sp³-hybridized carbons (Fsp3) is 0.556. The molecule has 4 heteroatoms. The zero-order valence-corrected chi connectivity index (χ0v) is 7.53. The van der Waals surface area contributed by atoms with Gasteiger partial charge in [0.2, 0.25) is 0 Å². The van der Waals surface area contributed by atoms with Crippen molar-refractivity contribution in [1.29, 1.82) is 5.26 Å². The quantitative estimate of drug-likeness (QED) is 0.673. The molecule has 13 heavy (non-hydrogen) atoms. The lowest BCUT2D eigenvalue weighted by molar-refractivity contribution is -0.0594. The summed E-state index contributed by atoms with van der Waals surface area (Å²) in [6, 6.07) is 2.05. The van der Waals surface area contributed by atoms with Gasteiger partial charge in [-0.05, 0) is 13.3 Å². The highest BCUT2D eigenvalue weighted by atomic mass is 16.5. The van der Waals surface area contributed by atoms with Crippen molar-refractivity contribution >= 4 is 0 Å². The second-order valence-corrected chi connectivity index (χ2v) is 3.22. The molecule has 1 aliphatic heterocycles. The molecule has 0 spiro atoms. The second-order valence-electron chi connectivity index (χ2n) is 3.22. The largest absolute Gasteiger partial charge is 0.376 e. The lowest BCUT2D eigenvalue weighted by Crippen LogP contribution is -2.31. The number of aromatic nitrogens is 2. The average molecular weight is 177 g/mol. The van der Waals surface area contributed by atoms with E-state index in [1.54, 1.807) is 6.33 Å². The fourth-order valence-corrected chi connectivity index (χ4v) is 1.39. The fourth-order valence-electron chi connectivity index (χ4n) is 1.39. The molecule has 0 N–H and O–H groups in total. The third kappa shape index (κ3) is 1.43. The van der Waals surface area contributed by atoms with Crippen LogP contribution in [-0.2, 0) is 11.3 Å². The Morgan fingerprint density at radius 1 is 1.85 bits per heavy atom. The van der Waals surface area contributed by atoms with Crippen LogP contribution in [0.15, 0.2) is 6.33 Å². The summed E-state index contributed by atoms with van der Waals surface area (Å²) >= 11 is 0. The zero-order chi connectivity index (χ0) is 9.26. The van der Waals surface area contributed by atoms with Crippen LogP contribution in [0.25, 0.3) is 0 Å². The van der Waals surface area contributed by atoms with Crippen molar-refractivity contribution in [3.8, 4) is 6.07 Å². The Labute approximate surface area is 76.8 Å². The van der Waals surface area contributed by atoms with Crippen molar-refractivity contribution in [2.24, 2.45) is 0 Å². The molecule has 0 radical (unpaired) electrons. The highest BCUT2D eigenvalue weighted by Crippen LogP contribution is 2.15. The monoisotopic (exact) mass is 177 g/mol. The molecular weight excluding hydrogens is 166 g/mol. The van der Waals surface area contributed by atoms with Gasteiger partial charge in [0, 0.05) is 6.61 Å². The van der Waals surface area contributed by atoms with Crippen molar-refractivity contribution < 1.29 is 4.74 Å². The number of nitrogens with zero attached hydrogens (tertiary/aromatic N) is 3. The first-order chi connectivity index (χ1) is 6.31. The summed E-state index contributed by atoms with van der Waals surface area (Å²) in [4.78, 5) is 3.99. The van der Waals surface area contributed by atoms with E-state index < -0.39 is 0 Å². The molecule has 0 aromatic carbocycles. The molecule has 4 nitrogen and oxygen atoms in total. The molecule has 68 valence electrons. The maximum Gasteiger partial charge on any atom is 0.161 e. The maximum absolute atomic E-state index is 8.68. The van der Waals surface area contributed by atoms with Gasteiger partial charge in [0.05, 0.1) is 24.7 Å². The van der Waals surface area contributed by atoms with Crippen molar-refractivity contribution in [1.82, 2.24) is 9.55 Å². The lowest BCUT2D eigenvalue weighted by atomic mass is 10.2. The summed E-state index contributed by atoms with van der Waals surface area (Å²) in [7, 11) is 0. The molecule has 1 saturated heterocycles. The molecule has 1 unspecified atom stereocenters. The highest BCUT2D eigenvalue weighted by Gasteiger charge is 2.19. The van der Waals surface area contributed by atoms with E-state index in [0.29, 0.717) is 11.8 Å². The Hall–Kier alpha value is -1.34. The van der Waals surface area contributed by atoms with Gasteiger partial charge in [-0.15, -0.1) is 0 Å². The minimum atomic E-state index is 0.319. The third-order valence-corrected chi connectivity index (χ3v) is 2.40. The topological polar surface area (TPSA) is 50.8 Å². The van der Waals surface area contributed by atoms with E-state index in [0.717, 1.165) is 25.3 Å². The van der Waals surface area contributed by atoms with Gasteiger partial charge in [-0.1, -0.05) is 0 Å².